The van der Waals surface area contributed by atoms with Crippen molar-refractivity contribution in [3.8, 4) is 0 Å². The van der Waals surface area contributed by atoms with E-state index in [2.05, 4.69) is 20.4 Å². The molecule has 76 valence electrons. The number of hydrogen-bond acceptors (Lipinski definition) is 3. The lowest BCUT2D eigenvalue weighted by molar-refractivity contribution is 0.423. The van der Waals surface area contributed by atoms with Crippen molar-refractivity contribution >= 4 is 22.8 Å². The molecule has 0 aliphatic carbocycles. The van der Waals surface area contributed by atoms with Crippen LogP contribution in [0.25, 0.3) is 0 Å². The van der Waals surface area contributed by atoms with Gasteiger partial charge in [0, 0.05) is 28.1 Å². The highest BCUT2D eigenvalue weighted by Crippen LogP contribution is 2.40. The quantitative estimate of drug-likeness (QED) is 0.586. The number of hydrogen-bond donors (Lipinski definition) is 1. The van der Waals surface area contributed by atoms with Gasteiger partial charge in [0.15, 0.2) is 0 Å². The van der Waals surface area contributed by atoms with Gasteiger partial charge in [0.05, 0.1) is 0 Å². The maximum absolute atomic E-state index is 11.8. The Morgan fingerprint density at radius 1 is 1.54 bits per heavy atom. The van der Waals surface area contributed by atoms with Crippen molar-refractivity contribution < 1.29 is 8.76 Å². The lowest BCUT2D eigenvalue weighted by Gasteiger charge is -2.14. The summed E-state index contributed by atoms with van der Waals surface area (Å²) in [4.78, 5) is 0. The van der Waals surface area contributed by atoms with Gasteiger partial charge in [-0.15, -0.1) is 6.58 Å². The Morgan fingerprint density at radius 2 is 2.15 bits per heavy atom. The smallest absolute Gasteiger partial charge is 0.109 e. The summed E-state index contributed by atoms with van der Waals surface area (Å²) in [5.74, 6) is 0.726. The topological polar surface area (TPSA) is 37.3 Å². The standard InChI is InChI=1S/C9H16O2S2/c1-4-5-8-6(2)7(3)9(12-10)13(8)11/h4,6-10H,1,5H2,2-3H3/t6-,7+,8+,9-,13?/m0/s1. The van der Waals surface area contributed by atoms with E-state index in [-0.39, 0.29) is 9.83 Å². The van der Waals surface area contributed by atoms with E-state index in [0.717, 1.165) is 18.5 Å². The highest BCUT2D eigenvalue weighted by molar-refractivity contribution is 8.08. The van der Waals surface area contributed by atoms with Crippen LogP contribution < -0.4 is 0 Å². The molecule has 1 aliphatic rings. The average molecular weight is 220 g/mol. The van der Waals surface area contributed by atoms with E-state index in [1.165, 1.54) is 0 Å². The van der Waals surface area contributed by atoms with E-state index < -0.39 is 10.8 Å². The SMILES string of the molecule is C=CC[C@@H]1[C@@H](C)[C@@H](C)[C@@H](SO)S1=O. The monoisotopic (exact) mass is 220 g/mol. The highest BCUT2D eigenvalue weighted by Gasteiger charge is 2.44. The van der Waals surface area contributed by atoms with Crippen LogP contribution in [0.1, 0.15) is 20.3 Å². The fourth-order valence-electron chi connectivity index (χ4n) is 1.79. The van der Waals surface area contributed by atoms with Crippen molar-refractivity contribution in [3.05, 3.63) is 12.7 Å². The molecule has 0 saturated carbocycles. The summed E-state index contributed by atoms with van der Waals surface area (Å²) >= 11 is 0.748. The van der Waals surface area contributed by atoms with Crippen LogP contribution in [-0.4, -0.2) is 18.6 Å². The molecule has 0 aromatic carbocycles. The molecule has 1 fully saturated rings. The van der Waals surface area contributed by atoms with Gasteiger partial charge < -0.3 is 4.55 Å². The van der Waals surface area contributed by atoms with Crippen LogP contribution in [-0.2, 0) is 10.8 Å². The molecule has 1 aliphatic heterocycles. The van der Waals surface area contributed by atoms with Gasteiger partial charge in [0.2, 0.25) is 0 Å². The first-order valence-electron chi connectivity index (χ1n) is 4.44. The molecule has 0 spiro atoms. The van der Waals surface area contributed by atoms with Gasteiger partial charge in [-0.1, -0.05) is 19.9 Å². The Bertz CT molecular complexity index is 218. The summed E-state index contributed by atoms with van der Waals surface area (Å²) in [5.41, 5.74) is 0. The summed E-state index contributed by atoms with van der Waals surface area (Å²) < 4.78 is 20.7. The molecule has 0 aromatic rings. The zero-order valence-electron chi connectivity index (χ0n) is 7.97. The van der Waals surface area contributed by atoms with E-state index >= 15 is 0 Å². The van der Waals surface area contributed by atoms with E-state index in [0.29, 0.717) is 11.8 Å². The van der Waals surface area contributed by atoms with Gasteiger partial charge in [-0.05, 0) is 18.3 Å². The molecule has 0 radical (unpaired) electrons. The largest absolute Gasteiger partial charge is 0.329 e. The Balaban J connectivity index is 2.77. The molecular formula is C9H16O2S2. The van der Waals surface area contributed by atoms with Crippen molar-refractivity contribution in [1.29, 1.82) is 0 Å². The van der Waals surface area contributed by atoms with Crippen LogP contribution in [0, 0.1) is 11.8 Å². The molecule has 4 heteroatoms. The molecule has 0 bridgehead atoms. The molecule has 1 N–H and O–H groups in total. The van der Waals surface area contributed by atoms with Crippen molar-refractivity contribution in [2.75, 3.05) is 0 Å². The van der Waals surface area contributed by atoms with Crippen molar-refractivity contribution in [2.45, 2.75) is 30.1 Å². The van der Waals surface area contributed by atoms with Gasteiger partial charge in [0.1, 0.15) is 4.58 Å². The first-order chi connectivity index (χ1) is 6.13. The summed E-state index contributed by atoms with van der Waals surface area (Å²) in [6, 6.07) is 0. The van der Waals surface area contributed by atoms with Crippen molar-refractivity contribution in [2.24, 2.45) is 11.8 Å². The van der Waals surface area contributed by atoms with Crippen LogP contribution in [0.4, 0.5) is 0 Å². The molecule has 0 amide bonds. The van der Waals surface area contributed by atoms with Gasteiger partial charge in [-0.2, -0.15) is 0 Å². The zero-order valence-corrected chi connectivity index (χ0v) is 9.61. The third-order valence-electron chi connectivity index (χ3n) is 2.88. The van der Waals surface area contributed by atoms with Gasteiger partial charge in [-0.3, -0.25) is 4.21 Å². The third kappa shape index (κ3) is 2.00. The van der Waals surface area contributed by atoms with Gasteiger partial charge in [-0.25, -0.2) is 0 Å². The minimum absolute atomic E-state index is 0.111. The van der Waals surface area contributed by atoms with Crippen molar-refractivity contribution in [3.63, 3.8) is 0 Å². The molecule has 1 unspecified atom stereocenters. The first kappa shape index (κ1) is 11.3. The van der Waals surface area contributed by atoms with Crippen LogP contribution in [0.3, 0.4) is 0 Å². The third-order valence-corrected chi connectivity index (χ3v) is 6.45. The minimum Gasteiger partial charge on any atom is -0.329 e. The normalized spacial score (nSPS) is 45.0. The second kappa shape index (κ2) is 4.62. The Kier molecular flexibility index (Phi) is 4.01. The summed E-state index contributed by atoms with van der Waals surface area (Å²) in [6.07, 6.45) is 2.60. The average Bonchev–Trinajstić information content (AvgIpc) is 2.31. The lowest BCUT2D eigenvalue weighted by Crippen LogP contribution is -2.16. The Labute approximate surface area is 86.5 Å². The maximum Gasteiger partial charge on any atom is 0.109 e. The summed E-state index contributed by atoms with van der Waals surface area (Å²) in [6.45, 7) is 7.82. The Morgan fingerprint density at radius 3 is 2.54 bits per heavy atom. The van der Waals surface area contributed by atoms with E-state index in [1.54, 1.807) is 0 Å². The van der Waals surface area contributed by atoms with E-state index in [9.17, 15) is 4.21 Å². The van der Waals surface area contributed by atoms with Crippen LogP contribution in [0.2, 0.25) is 0 Å². The molecule has 1 saturated heterocycles. The molecule has 13 heavy (non-hydrogen) atoms. The minimum atomic E-state index is -0.917. The molecule has 1 rings (SSSR count). The fraction of sp³-hybridized carbons (Fsp3) is 0.778. The van der Waals surface area contributed by atoms with Gasteiger partial charge in [0.25, 0.3) is 0 Å². The predicted molar refractivity (Wildman–Crippen MR) is 59.1 cm³/mol. The molecule has 1 heterocycles. The highest BCUT2D eigenvalue weighted by atomic mass is 32.2. The second-order valence-electron chi connectivity index (χ2n) is 3.58. The number of allylic oxidation sites excluding steroid dienone is 1. The van der Waals surface area contributed by atoms with Crippen molar-refractivity contribution in [1.82, 2.24) is 0 Å². The maximum atomic E-state index is 11.8. The molecule has 2 nitrogen and oxygen atoms in total. The summed E-state index contributed by atoms with van der Waals surface area (Å²) in [7, 11) is -0.917. The van der Waals surface area contributed by atoms with Crippen LogP contribution in [0.5, 0.6) is 0 Å². The number of rotatable bonds is 3. The zero-order chi connectivity index (χ0) is 10.0. The van der Waals surface area contributed by atoms with Crippen LogP contribution in [0.15, 0.2) is 12.7 Å². The van der Waals surface area contributed by atoms with Gasteiger partial charge >= 0.3 is 0 Å². The van der Waals surface area contributed by atoms with E-state index in [4.69, 9.17) is 4.55 Å². The Hall–Kier alpha value is 0.200. The molecular weight excluding hydrogens is 204 g/mol. The summed E-state index contributed by atoms with van der Waals surface area (Å²) in [5, 5.41) is 0.178. The fourth-order valence-corrected chi connectivity index (χ4v) is 5.01. The first-order valence-corrected chi connectivity index (χ1v) is 6.55. The molecule has 5 atom stereocenters. The van der Waals surface area contributed by atoms with E-state index in [1.807, 2.05) is 6.08 Å². The lowest BCUT2D eigenvalue weighted by atomic mass is 9.93. The molecule has 0 aromatic heterocycles. The predicted octanol–water partition coefficient (Wildman–Crippen LogP) is 2.50. The second-order valence-corrected chi connectivity index (χ2v) is 6.37. The van der Waals surface area contributed by atoms with Crippen LogP contribution >= 0.6 is 12.0 Å².